The van der Waals surface area contributed by atoms with Crippen LogP contribution < -0.4 is 5.32 Å². The number of fused-ring (bicyclic) bond motifs is 1. The normalized spacial score (nSPS) is 14.7. The molecule has 0 saturated heterocycles. The highest BCUT2D eigenvalue weighted by Gasteiger charge is 2.40. The van der Waals surface area contributed by atoms with Crippen molar-refractivity contribution < 1.29 is 18.0 Å². The maximum atomic E-state index is 13.4. The molecule has 0 radical (unpaired) electrons. The number of aryl methyl sites for hydroxylation is 2. The molecule has 1 aliphatic rings. The van der Waals surface area contributed by atoms with Crippen LogP contribution in [0.3, 0.4) is 0 Å². The lowest BCUT2D eigenvalue weighted by atomic mass is 10.0. The Morgan fingerprint density at radius 2 is 1.78 bits per heavy atom. The predicted octanol–water partition coefficient (Wildman–Crippen LogP) is 2.77. The highest BCUT2D eigenvalue weighted by molar-refractivity contribution is 5.84. The zero-order chi connectivity index (χ0) is 22.9. The highest BCUT2D eigenvalue weighted by Crippen LogP contribution is 2.29. The molecular weight excluding hydrogens is 423 g/mol. The van der Waals surface area contributed by atoms with Crippen LogP contribution in [0.15, 0.2) is 36.4 Å². The molecule has 1 amide bonds. The van der Waals surface area contributed by atoms with Gasteiger partial charge in [-0.25, -0.2) is 9.97 Å². The summed E-state index contributed by atoms with van der Waals surface area (Å²) in [6.07, 6.45) is -4.22. The quantitative estimate of drug-likeness (QED) is 0.650. The number of aromatic nitrogens is 5. The number of benzene rings is 1. The number of rotatable bonds is 5. The Balaban J connectivity index is 1.58. The van der Waals surface area contributed by atoms with E-state index in [9.17, 15) is 18.0 Å². The molecule has 1 N–H and O–H groups in total. The maximum absolute atomic E-state index is 13.4. The summed E-state index contributed by atoms with van der Waals surface area (Å²) in [5.74, 6) is -0.865. The second-order valence-corrected chi connectivity index (χ2v) is 7.71. The van der Waals surface area contributed by atoms with Gasteiger partial charge >= 0.3 is 6.18 Å². The summed E-state index contributed by atoms with van der Waals surface area (Å²) in [5.41, 5.74) is 2.45. The number of nitrogens with one attached hydrogen (secondary N) is 1. The van der Waals surface area contributed by atoms with Gasteiger partial charge in [-0.1, -0.05) is 30.3 Å². The van der Waals surface area contributed by atoms with Crippen molar-refractivity contribution in [2.24, 2.45) is 0 Å². The minimum atomic E-state index is -4.59. The van der Waals surface area contributed by atoms with Crippen molar-refractivity contribution >= 4 is 11.9 Å². The second-order valence-electron chi connectivity index (χ2n) is 7.71. The molecule has 2 aromatic heterocycles. The number of hydrogen-bond acceptors (Lipinski definition) is 6. The molecule has 11 heteroatoms. The number of nitrogens with zero attached hydrogens (tertiary/aromatic N) is 6. The van der Waals surface area contributed by atoms with Crippen LogP contribution in [-0.2, 0) is 30.5 Å². The maximum Gasteiger partial charge on any atom is 0.451 e. The zero-order valence-electron chi connectivity index (χ0n) is 17.6. The van der Waals surface area contributed by atoms with Gasteiger partial charge in [-0.3, -0.25) is 4.79 Å². The van der Waals surface area contributed by atoms with E-state index in [1.54, 1.807) is 0 Å². The zero-order valence-corrected chi connectivity index (χ0v) is 17.6. The van der Waals surface area contributed by atoms with Gasteiger partial charge in [0.25, 0.3) is 0 Å². The molecule has 32 heavy (non-hydrogen) atoms. The van der Waals surface area contributed by atoms with E-state index < -0.39 is 18.0 Å². The van der Waals surface area contributed by atoms with E-state index in [1.165, 1.54) is 4.90 Å². The van der Waals surface area contributed by atoms with Crippen molar-refractivity contribution in [1.29, 1.82) is 0 Å². The Hall–Kier alpha value is -3.50. The number of halogens is 3. The van der Waals surface area contributed by atoms with Gasteiger partial charge in [0, 0.05) is 30.9 Å². The third-order valence-electron chi connectivity index (χ3n) is 5.18. The summed E-state index contributed by atoms with van der Waals surface area (Å²) in [4.78, 5) is 23.6. The summed E-state index contributed by atoms with van der Waals surface area (Å²) < 4.78 is 40.4. The van der Waals surface area contributed by atoms with E-state index in [0.717, 1.165) is 21.5 Å². The fourth-order valence-corrected chi connectivity index (χ4v) is 3.77. The van der Waals surface area contributed by atoms with Crippen molar-refractivity contribution in [2.75, 3.05) is 11.9 Å². The molecule has 3 aromatic rings. The predicted molar refractivity (Wildman–Crippen MR) is 110 cm³/mol. The van der Waals surface area contributed by atoms with Gasteiger partial charge in [0.2, 0.25) is 17.7 Å². The molecular formula is C21H22F3N7O. The third kappa shape index (κ3) is 4.71. The Labute approximate surface area is 182 Å². The first-order valence-electron chi connectivity index (χ1n) is 10.1. The van der Waals surface area contributed by atoms with Crippen LogP contribution in [0.1, 0.15) is 28.6 Å². The van der Waals surface area contributed by atoms with E-state index in [-0.39, 0.29) is 31.4 Å². The SMILES string of the molecule is Cc1cc(C)nc(N[C@@H](Cc2ccccc2)C(=O)N2CCn3c(nnc3C(F)(F)F)C2)n1. The smallest absolute Gasteiger partial charge is 0.342 e. The summed E-state index contributed by atoms with van der Waals surface area (Å²) in [5, 5.41) is 10.1. The molecule has 0 bridgehead atoms. The largest absolute Gasteiger partial charge is 0.451 e. The fraction of sp³-hybridized carbons (Fsp3) is 0.381. The molecule has 0 unspecified atom stereocenters. The van der Waals surface area contributed by atoms with Crippen LogP contribution in [-0.4, -0.2) is 48.1 Å². The number of carbonyl (C=O) groups is 1. The average Bonchev–Trinajstić information content (AvgIpc) is 3.16. The molecule has 0 aliphatic carbocycles. The van der Waals surface area contributed by atoms with Crippen molar-refractivity contribution in [3.8, 4) is 0 Å². The van der Waals surface area contributed by atoms with E-state index in [0.29, 0.717) is 12.4 Å². The van der Waals surface area contributed by atoms with Gasteiger partial charge in [0.15, 0.2) is 5.82 Å². The molecule has 1 aliphatic heterocycles. The lowest BCUT2D eigenvalue weighted by Crippen LogP contribution is -2.47. The Morgan fingerprint density at radius 1 is 1.09 bits per heavy atom. The Bertz CT molecular complexity index is 1090. The Morgan fingerprint density at radius 3 is 2.44 bits per heavy atom. The van der Waals surface area contributed by atoms with Crippen molar-refractivity contribution in [3.63, 3.8) is 0 Å². The van der Waals surface area contributed by atoms with Gasteiger partial charge < -0.3 is 14.8 Å². The standard InChI is InChI=1S/C21H22F3N7O/c1-13-10-14(2)26-20(25-13)27-16(11-15-6-4-3-5-7-15)18(32)30-8-9-31-17(12-30)28-29-19(31)21(22,23)24/h3-7,10,16H,8-9,11-12H2,1-2H3,(H,25,26,27)/t16-/m0/s1. The molecule has 0 spiro atoms. The van der Waals surface area contributed by atoms with Crippen LogP contribution in [0, 0.1) is 13.8 Å². The summed E-state index contributed by atoms with van der Waals surface area (Å²) in [6, 6.07) is 10.6. The minimum absolute atomic E-state index is 0.0268. The molecule has 1 aromatic carbocycles. The molecule has 1 atom stereocenters. The van der Waals surface area contributed by atoms with Gasteiger partial charge in [0.1, 0.15) is 6.04 Å². The van der Waals surface area contributed by atoms with Crippen LogP contribution in [0.4, 0.5) is 19.1 Å². The Kier molecular flexibility index (Phi) is 5.81. The number of carbonyl (C=O) groups excluding carboxylic acids is 1. The molecule has 0 fully saturated rings. The summed E-state index contributed by atoms with van der Waals surface area (Å²) in [7, 11) is 0. The average molecular weight is 445 g/mol. The number of anilines is 1. The van der Waals surface area contributed by atoms with Crippen LogP contribution in [0.25, 0.3) is 0 Å². The first-order valence-corrected chi connectivity index (χ1v) is 10.1. The first kappa shape index (κ1) is 21.7. The van der Waals surface area contributed by atoms with E-state index in [2.05, 4.69) is 25.5 Å². The van der Waals surface area contributed by atoms with Gasteiger partial charge in [0.05, 0.1) is 6.54 Å². The van der Waals surface area contributed by atoms with Gasteiger partial charge in [-0.2, -0.15) is 13.2 Å². The van der Waals surface area contributed by atoms with Crippen molar-refractivity contribution in [1.82, 2.24) is 29.6 Å². The van der Waals surface area contributed by atoms with Crippen LogP contribution in [0.2, 0.25) is 0 Å². The number of alkyl halides is 3. The molecule has 4 rings (SSSR count). The van der Waals surface area contributed by atoms with Crippen LogP contribution >= 0.6 is 0 Å². The van der Waals surface area contributed by atoms with Gasteiger partial charge in [-0.05, 0) is 25.5 Å². The van der Waals surface area contributed by atoms with Crippen molar-refractivity contribution in [2.45, 2.75) is 45.6 Å². The second kappa shape index (κ2) is 8.56. The lowest BCUT2D eigenvalue weighted by molar-refractivity contribution is -0.148. The molecule has 0 saturated carbocycles. The molecule has 3 heterocycles. The van der Waals surface area contributed by atoms with Crippen LogP contribution in [0.5, 0.6) is 0 Å². The monoisotopic (exact) mass is 445 g/mol. The summed E-state index contributed by atoms with van der Waals surface area (Å²) in [6.45, 7) is 3.71. The molecule has 168 valence electrons. The number of amides is 1. The van der Waals surface area contributed by atoms with Gasteiger partial charge in [-0.15, -0.1) is 10.2 Å². The summed E-state index contributed by atoms with van der Waals surface area (Å²) >= 11 is 0. The number of hydrogen-bond donors (Lipinski definition) is 1. The first-order chi connectivity index (χ1) is 15.2. The fourth-order valence-electron chi connectivity index (χ4n) is 3.77. The molecule has 8 nitrogen and oxygen atoms in total. The van der Waals surface area contributed by atoms with Crippen molar-refractivity contribution in [3.05, 3.63) is 65.0 Å². The lowest BCUT2D eigenvalue weighted by Gasteiger charge is -2.31. The van der Waals surface area contributed by atoms with E-state index in [4.69, 9.17) is 0 Å². The van der Waals surface area contributed by atoms with E-state index in [1.807, 2.05) is 50.2 Å². The minimum Gasteiger partial charge on any atom is -0.342 e. The highest BCUT2D eigenvalue weighted by atomic mass is 19.4. The third-order valence-corrected chi connectivity index (χ3v) is 5.18. The topological polar surface area (TPSA) is 88.8 Å². The van der Waals surface area contributed by atoms with E-state index >= 15 is 0 Å².